The average molecular weight is 361 g/mol. The molecule has 2 atom stereocenters. The molecule has 2 amide bonds. The second-order valence-electron chi connectivity index (χ2n) is 7.72. The summed E-state index contributed by atoms with van der Waals surface area (Å²) < 4.78 is 37.2. The zero-order valence-corrected chi connectivity index (χ0v) is 14.3. The lowest BCUT2D eigenvalue weighted by Gasteiger charge is -2.32. The zero-order valence-electron chi connectivity index (χ0n) is 14.3. The number of hydrogen-bond donors (Lipinski definition) is 2. The average Bonchev–Trinajstić information content (AvgIpc) is 2.90. The van der Waals surface area contributed by atoms with E-state index in [4.69, 9.17) is 0 Å². The van der Waals surface area contributed by atoms with Gasteiger partial charge in [-0.2, -0.15) is 13.2 Å². The highest BCUT2D eigenvalue weighted by atomic mass is 19.4. The first kappa shape index (κ1) is 18.5. The Balaban J connectivity index is 1.34. The van der Waals surface area contributed by atoms with E-state index in [9.17, 15) is 22.8 Å². The fourth-order valence-corrected chi connectivity index (χ4v) is 4.45. The van der Waals surface area contributed by atoms with Crippen molar-refractivity contribution in [1.82, 2.24) is 15.5 Å². The maximum absolute atomic E-state index is 12.4. The van der Waals surface area contributed by atoms with Crippen LogP contribution in [-0.4, -0.2) is 54.6 Å². The Morgan fingerprint density at radius 3 is 2.16 bits per heavy atom. The van der Waals surface area contributed by atoms with Gasteiger partial charge in [0.2, 0.25) is 5.91 Å². The van der Waals surface area contributed by atoms with Gasteiger partial charge in [-0.15, -0.1) is 0 Å². The first-order chi connectivity index (χ1) is 11.8. The third-order valence-corrected chi connectivity index (χ3v) is 5.78. The van der Waals surface area contributed by atoms with E-state index in [0.29, 0.717) is 43.8 Å². The number of alkyl halides is 3. The fraction of sp³-hybridized carbons (Fsp3) is 0.882. The molecule has 25 heavy (non-hydrogen) atoms. The molecule has 0 radical (unpaired) electrons. The smallest absolute Gasteiger partial charge is 0.356 e. The fourth-order valence-electron chi connectivity index (χ4n) is 4.45. The summed E-state index contributed by atoms with van der Waals surface area (Å²) in [4.78, 5) is 24.2. The number of amides is 2. The van der Waals surface area contributed by atoms with Gasteiger partial charge in [0.05, 0.1) is 0 Å². The molecular formula is C17H26F3N3O2. The van der Waals surface area contributed by atoms with E-state index in [1.54, 1.807) is 0 Å². The van der Waals surface area contributed by atoms with Crippen molar-refractivity contribution in [2.24, 2.45) is 11.8 Å². The summed E-state index contributed by atoms with van der Waals surface area (Å²) in [5, 5.41) is 6.50. The molecule has 8 heteroatoms. The standard InChI is InChI=1S/C17H26F3N3O2/c18-17(19,20)16(25)23-5-3-11(4-6-23)10-21-15(24)9-12-7-13-1-2-14(8-12)22-13/h11-14,22H,1-10H2,(H,21,24). The molecule has 0 aliphatic carbocycles. The summed E-state index contributed by atoms with van der Waals surface area (Å²) in [7, 11) is 0. The molecule has 3 fully saturated rings. The summed E-state index contributed by atoms with van der Waals surface area (Å²) in [5.74, 6) is -1.13. The minimum Gasteiger partial charge on any atom is -0.356 e. The molecule has 0 aromatic rings. The van der Waals surface area contributed by atoms with Crippen LogP contribution in [0.2, 0.25) is 0 Å². The predicted molar refractivity (Wildman–Crippen MR) is 85.7 cm³/mol. The van der Waals surface area contributed by atoms with Crippen molar-refractivity contribution < 1.29 is 22.8 Å². The molecule has 3 heterocycles. The topological polar surface area (TPSA) is 61.4 Å². The van der Waals surface area contributed by atoms with E-state index < -0.39 is 12.1 Å². The highest BCUT2D eigenvalue weighted by Gasteiger charge is 2.43. The van der Waals surface area contributed by atoms with Crippen molar-refractivity contribution in [1.29, 1.82) is 0 Å². The number of carbonyl (C=O) groups is 2. The zero-order chi connectivity index (χ0) is 18.0. The van der Waals surface area contributed by atoms with Crippen molar-refractivity contribution in [3.63, 3.8) is 0 Å². The Hall–Kier alpha value is -1.31. The van der Waals surface area contributed by atoms with Crippen LogP contribution in [-0.2, 0) is 9.59 Å². The van der Waals surface area contributed by atoms with Gasteiger partial charge in [-0.3, -0.25) is 9.59 Å². The van der Waals surface area contributed by atoms with E-state index in [-0.39, 0.29) is 24.9 Å². The number of halogens is 3. The summed E-state index contributed by atoms with van der Waals surface area (Å²) in [6.45, 7) is 0.706. The molecule has 0 aromatic carbocycles. The van der Waals surface area contributed by atoms with Crippen LogP contribution in [0.3, 0.4) is 0 Å². The van der Waals surface area contributed by atoms with Gasteiger partial charge in [0.1, 0.15) is 0 Å². The second kappa shape index (κ2) is 7.51. The largest absolute Gasteiger partial charge is 0.471 e. The second-order valence-corrected chi connectivity index (χ2v) is 7.72. The monoisotopic (exact) mass is 361 g/mol. The molecule has 3 aliphatic rings. The Morgan fingerprint density at radius 1 is 1.00 bits per heavy atom. The van der Waals surface area contributed by atoms with E-state index in [2.05, 4.69) is 10.6 Å². The summed E-state index contributed by atoms with van der Waals surface area (Å²) in [6, 6.07) is 1.12. The quantitative estimate of drug-likeness (QED) is 0.803. The Labute approximate surface area is 145 Å². The Kier molecular flexibility index (Phi) is 5.55. The van der Waals surface area contributed by atoms with E-state index in [0.717, 1.165) is 17.7 Å². The summed E-state index contributed by atoms with van der Waals surface area (Å²) in [5.41, 5.74) is 0. The molecular weight excluding hydrogens is 335 g/mol. The maximum atomic E-state index is 12.4. The van der Waals surface area contributed by atoms with Crippen LogP contribution in [0.25, 0.3) is 0 Å². The molecule has 0 spiro atoms. The predicted octanol–water partition coefficient (Wildman–Crippen LogP) is 1.82. The van der Waals surface area contributed by atoms with Crippen molar-refractivity contribution in [3.05, 3.63) is 0 Å². The molecule has 0 aromatic heterocycles. The number of nitrogens with one attached hydrogen (secondary N) is 2. The number of fused-ring (bicyclic) bond motifs is 2. The number of likely N-dealkylation sites (tertiary alicyclic amines) is 1. The first-order valence-corrected chi connectivity index (χ1v) is 9.20. The normalized spacial score (nSPS) is 30.4. The first-order valence-electron chi connectivity index (χ1n) is 9.20. The van der Waals surface area contributed by atoms with Gasteiger partial charge in [-0.1, -0.05) is 0 Å². The third kappa shape index (κ3) is 4.86. The van der Waals surface area contributed by atoms with Crippen LogP contribution in [0.15, 0.2) is 0 Å². The van der Waals surface area contributed by atoms with Gasteiger partial charge in [0, 0.05) is 38.1 Å². The van der Waals surface area contributed by atoms with Crippen LogP contribution in [0.4, 0.5) is 13.2 Å². The summed E-state index contributed by atoms with van der Waals surface area (Å²) >= 11 is 0. The van der Waals surface area contributed by atoms with Gasteiger partial charge in [-0.05, 0) is 50.4 Å². The molecule has 3 rings (SSSR count). The van der Waals surface area contributed by atoms with Crippen molar-refractivity contribution in [2.75, 3.05) is 19.6 Å². The van der Waals surface area contributed by atoms with Crippen molar-refractivity contribution in [2.45, 2.75) is 63.2 Å². The number of carbonyl (C=O) groups excluding carboxylic acids is 2. The van der Waals surface area contributed by atoms with Crippen LogP contribution in [0.5, 0.6) is 0 Å². The molecule has 0 saturated carbocycles. The number of nitrogens with zero attached hydrogens (tertiary/aromatic N) is 1. The maximum Gasteiger partial charge on any atom is 0.471 e. The Bertz CT molecular complexity index is 492. The van der Waals surface area contributed by atoms with Gasteiger partial charge in [0.15, 0.2) is 0 Å². The lowest BCUT2D eigenvalue weighted by Crippen LogP contribution is -2.46. The lowest BCUT2D eigenvalue weighted by atomic mass is 9.89. The van der Waals surface area contributed by atoms with Crippen LogP contribution in [0, 0.1) is 11.8 Å². The lowest BCUT2D eigenvalue weighted by molar-refractivity contribution is -0.186. The highest BCUT2D eigenvalue weighted by Crippen LogP contribution is 2.32. The van der Waals surface area contributed by atoms with Crippen molar-refractivity contribution >= 4 is 11.8 Å². The molecule has 142 valence electrons. The van der Waals surface area contributed by atoms with Gasteiger partial charge in [-0.25, -0.2) is 0 Å². The minimum absolute atomic E-state index is 0.0418. The highest BCUT2D eigenvalue weighted by molar-refractivity contribution is 5.81. The molecule has 5 nitrogen and oxygen atoms in total. The van der Waals surface area contributed by atoms with Crippen molar-refractivity contribution in [3.8, 4) is 0 Å². The van der Waals surface area contributed by atoms with Crippen LogP contribution < -0.4 is 10.6 Å². The van der Waals surface area contributed by atoms with Crippen LogP contribution in [0.1, 0.15) is 44.9 Å². The minimum atomic E-state index is -4.80. The van der Waals surface area contributed by atoms with Gasteiger partial charge < -0.3 is 15.5 Å². The third-order valence-electron chi connectivity index (χ3n) is 5.78. The molecule has 2 unspecified atom stereocenters. The van der Waals surface area contributed by atoms with E-state index >= 15 is 0 Å². The number of hydrogen-bond acceptors (Lipinski definition) is 3. The summed E-state index contributed by atoms with van der Waals surface area (Å²) in [6.07, 6.45) is 1.27. The molecule has 2 bridgehead atoms. The Morgan fingerprint density at radius 2 is 1.60 bits per heavy atom. The molecule has 3 saturated heterocycles. The van der Waals surface area contributed by atoms with E-state index in [1.807, 2.05) is 0 Å². The van der Waals surface area contributed by atoms with E-state index in [1.165, 1.54) is 12.8 Å². The molecule has 3 aliphatic heterocycles. The number of piperidine rings is 2. The van der Waals surface area contributed by atoms with Gasteiger partial charge in [0.25, 0.3) is 0 Å². The molecule has 2 N–H and O–H groups in total. The number of rotatable bonds is 4. The SMILES string of the molecule is O=C(CC1CC2CCC(C1)N2)NCC1CCN(C(=O)C(F)(F)F)CC1. The van der Waals surface area contributed by atoms with Gasteiger partial charge >= 0.3 is 12.1 Å². The van der Waals surface area contributed by atoms with Crippen LogP contribution >= 0.6 is 0 Å².